The fraction of sp³-hybridized carbons (Fsp3) is 0.129. The highest BCUT2D eigenvalue weighted by atomic mass is 16.5. The number of nitrogens with two attached hydrogens (primary N) is 1. The van der Waals surface area contributed by atoms with Crippen LogP contribution in [0.4, 0.5) is 0 Å². The summed E-state index contributed by atoms with van der Waals surface area (Å²) in [5.74, 6) is -1.79. The molecule has 0 aliphatic heterocycles. The van der Waals surface area contributed by atoms with Gasteiger partial charge in [-0.15, -0.1) is 0 Å². The van der Waals surface area contributed by atoms with Crippen molar-refractivity contribution in [3.8, 4) is 5.75 Å². The Labute approximate surface area is 224 Å². The van der Waals surface area contributed by atoms with Gasteiger partial charge in [-0.05, 0) is 29.3 Å². The fourth-order valence-corrected chi connectivity index (χ4v) is 4.85. The average Bonchev–Trinajstić information content (AvgIpc) is 3.26. The summed E-state index contributed by atoms with van der Waals surface area (Å²) in [5.41, 5.74) is 9.46. The van der Waals surface area contributed by atoms with Crippen LogP contribution in [0, 0.1) is 0 Å². The van der Waals surface area contributed by atoms with Gasteiger partial charge in [0, 0.05) is 29.3 Å². The first-order valence-electron chi connectivity index (χ1n) is 12.5. The molecule has 0 bridgehead atoms. The maximum atomic E-state index is 12.8. The van der Waals surface area contributed by atoms with Crippen molar-refractivity contribution in [3.63, 3.8) is 0 Å². The summed E-state index contributed by atoms with van der Waals surface area (Å²) in [5, 5.41) is 13.7. The average molecular weight is 522 g/mol. The van der Waals surface area contributed by atoms with Crippen LogP contribution < -0.4 is 15.8 Å². The Hall–Kier alpha value is -5.11. The van der Waals surface area contributed by atoms with E-state index in [-0.39, 0.29) is 13.0 Å². The minimum absolute atomic E-state index is 0.151. The van der Waals surface area contributed by atoms with Crippen LogP contribution in [-0.2, 0) is 22.6 Å². The van der Waals surface area contributed by atoms with Crippen LogP contribution in [0.25, 0.3) is 21.8 Å². The third-order valence-corrected chi connectivity index (χ3v) is 6.60. The lowest BCUT2D eigenvalue weighted by Gasteiger charge is -2.16. The van der Waals surface area contributed by atoms with Gasteiger partial charge in [0.1, 0.15) is 11.8 Å². The molecule has 1 atom stereocenters. The van der Waals surface area contributed by atoms with Crippen molar-refractivity contribution >= 4 is 39.6 Å². The van der Waals surface area contributed by atoms with Gasteiger partial charge >= 0.3 is 5.97 Å². The number of carbonyl (C=O) groups is 3. The van der Waals surface area contributed by atoms with E-state index in [1.807, 2.05) is 77.4 Å². The first-order valence-corrected chi connectivity index (χ1v) is 12.5. The van der Waals surface area contributed by atoms with E-state index >= 15 is 0 Å². The van der Waals surface area contributed by atoms with Gasteiger partial charge in [-0.2, -0.15) is 0 Å². The number of para-hydroxylation sites is 1. The molecule has 196 valence electrons. The Morgan fingerprint density at radius 2 is 1.51 bits per heavy atom. The van der Waals surface area contributed by atoms with Gasteiger partial charge < -0.3 is 25.5 Å². The molecule has 4 aromatic carbocycles. The number of amides is 2. The molecule has 0 saturated carbocycles. The highest BCUT2D eigenvalue weighted by Gasteiger charge is 2.22. The molecule has 0 saturated heterocycles. The molecule has 0 aliphatic rings. The van der Waals surface area contributed by atoms with Crippen LogP contribution in [0.5, 0.6) is 5.75 Å². The Kier molecular flexibility index (Phi) is 7.27. The van der Waals surface area contributed by atoms with Gasteiger partial charge in [-0.1, -0.05) is 78.9 Å². The van der Waals surface area contributed by atoms with Gasteiger partial charge in [0.25, 0.3) is 5.91 Å². The fourth-order valence-electron chi connectivity index (χ4n) is 4.85. The van der Waals surface area contributed by atoms with Crippen molar-refractivity contribution in [3.05, 3.63) is 114 Å². The van der Waals surface area contributed by atoms with E-state index in [9.17, 15) is 19.5 Å². The van der Waals surface area contributed by atoms with Crippen LogP contribution in [0.3, 0.4) is 0 Å². The van der Waals surface area contributed by atoms with Crippen molar-refractivity contribution in [2.24, 2.45) is 5.73 Å². The standard InChI is InChI=1S/C31H27N3O5/c32-30(36)23-14-7-15-25-28(23)22-13-8-16-26(29(22)34(25)18-21-11-5-2-6-12-21)39-19-27(35)33-24(31(37)38)17-20-9-3-1-4-10-20/h1-16,24H,17-19H2,(H2,32,36)(H,33,35)(H,37,38)/t24-/m0/s1. The zero-order chi connectivity index (χ0) is 27.4. The molecule has 8 nitrogen and oxygen atoms in total. The Morgan fingerprint density at radius 3 is 2.18 bits per heavy atom. The normalized spacial score (nSPS) is 11.8. The summed E-state index contributed by atoms with van der Waals surface area (Å²) in [4.78, 5) is 36.9. The quantitative estimate of drug-likeness (QED) is 0.255. The molecule has 4 N–H and O–H groups in total. The Balaban J connectivity index is 1.47. The second kappa shape index (κ2) is 11.1. The molecule has 0 unspecified atom stereocenters. The number of rotatable bonds is 10. The number of fused-ring (bicyclic) bond motifs is 3. The molecule has 1 heterocycles. The largest absolute Gasteiger partial charge is 0.482 e. The number of carboxylic acids is 1. The van der Waals surface area contributed by atoms with Gasteiger partial charge in [-0.25, -0.2) is 4.79 Å². The number of hydrogen-bond acceptors (Lipinski definition) is 4. The van der Waals surface area contributed by atoms with E-state index < -0.39 is 23.8 Å². The Bertz CT molecular complexity index is 1660. The summed E-state index contributed by atoms with van der Waals surface area (Å²) in [7, 11) is 0. The van der Waals surface area contributed by atoms with Crippen LogP contribution in [0.15, 0.2) is 97.1 Å². The summed E-state index contributed by atoms with van der Waals surface area (Å²) >= 11 is 0. The maximum absolute atomic E-state index is 12.8. The molecule has 1 aromatic heterocycles. The summed E-state index contributed by atoms with van der Waals surface area (Å²) in [6.07, 6.45) is 0.151. The lowest BCUT2D eigenvalue weighted by atomic mass is 10.1. The topological polar surface area (TPSA) is 124 Å². The molecule has 5 aromatic rings. The van der Waals surface area contributed by atoms with E-state index in [4.69, 9.17) is 10.5 Å². The maximum Gasteiger partial charge on any atom is 0.326 e. The summed E-state index contributed by atoms with van der Waals surface area (Å²) in [6, 6.07) is 28.7. The van der Waals surface area contributed by atoms with Crippen molar-refractivity contribution in [1.82, 2.24) is 9.88 Å². The van der Waals surface area contributed by atoms with Crippen LogP contribution in [0.2, 0.25) is 0 Å². The number of hydrogen-bond donors (Lipinski definition) is 3. The molecule has 5 rings (SSSR count). The van der Waals surface area contributed by atoms with E-state index in [1.165, 1.54) is 0 Å². The van der Waals surface area contributed by atoms with Gasteiger partial charge in [0.05, 0.1) is 11.0 Å². The third kappa shape index (κ3) is 5.45. The van der Waals surface area contributed by atoms with Crippen LogP contribution in [0.1, 0.15) is 21.5 Å². The van der Waals surface area contributed by atoms with Crippen LogP contribution >= 0.6 is 0 Å². The molecule has 39 heavy (non-hydrogen) atoms. The highest BCUT2D eigenvalue weighted by molar-refractivity contribution is 6.18. The summed E-state index contributed by atoms with van der Waals surface area (Å²) in [6.45, 7) is 0.112. The van der Waals surface area contributed by atoms with Crippen molar-refractivity contribution in [2.75, 3.05) is 6.61 Å². The first-order chi connectivity index (χ1) is 18.9. The SMILES string of the molecule is NC(=O)c1cccc2c1c1cccc(OCC(=O)N[C@@H](Cc3ccccc3)C(=O)O)c1n2Cc1ccccc1. The zero-order valence-corrected chi connectivity index (χ0v) is 21.0. The number of aromatic nitrogens is 1. The summed E-state index contributed by atoms with van der Waals surface area (Å²) < 4.78 is 8.02. The van der Waals surface area contributed by atoms with Crippen LogP contribution in [-0.4, -0.2) is 40.1 Å². The third-order valence-electron chi connectivity index (χ3n) is 6.60. The molecule has 0 spiro atoms. The predicted octanol–water partition coefficient (Wildman–Crippen LogP) is 4.13. The van der Waals surface area contributed by atoms with E-state index in [0.717, 1.165) is 22.0 Å². The highest BCUT2D eigenvalue weighted by Crippen LogP contribution is 2.37. The molecular formula is C31H27N3O5. The molecule has 2 amide bonds. The first kappa shape index (κ1) is 25.5. The van der Waals surface area contributed by atoms with E-state index in [1.54, 1.807) is 24.3 Å². The molecule has 0 fully saturated rings. The zero-order valence-electron chi connectivity index (χ0n) is 21.0. The number of aliphatic carboxylic acids is 1. The molecule has 8 heteroatoms. The molecule has 0 aliphatic carbocycles. The number of primary amides is 1. The molecule has 0 radical (unpaired) electrons. The van der Waals surface area contributed by atoms with Gasteiger partial charge in [0.2, 0.25) is 5.91 Å². The number of nitrogens with one attached hydrogen (secondary N) is 1. The van der Waals surface area contributed by atoms with E-state index in [0.29, 0.717) is 28.8 Å². The van der Waals surface area contributed by atoms with Gasteiger partial charge in [0.15, 0.2) is 6.61 Å². The smallest absolute Gasteiger partial charge is 0.326 e. The minimum Gasteiger partial charge on any atom is -0.482 e. The number of carboxylic acid groups (broad SMARTS) is 1. The second-order valence-corrected chi connectivity index (χ2v) is 9.22. The Morgan fingerprint density at radius 1 is 0.846 bits per heavy atom. The lowest BCUT2D eigenvalue weighted by molar-refractivity contribution is -0.142. The minimum atomic E-state index is -1.13. The molecular weight excluding hydrogens is 494 g/mol. The second-order valence-electron chi connectivity index (χ2n) is 9.22. The predicted molar refractivity (Wildman–Crippen MR) is 149 cm³/mol. The monoisotopic (exact) mass is 521 g/mol. The van der Waals surface area contributed by atoms with Crippen molar-refractivity contribution in [1.29, 1.82) is 0 Å². The van der Waals surface area contributed by atoms with E-state index in [2.05, 4.69) is 5.32 Å². The number of benzene rings is 4. The number of nitrogens with zero attached hydrogens (tertiary/aromatic N) is 1. The van der Waals surface area contributed by atoms with Crippen molar-refractivity contribution in [2.45, 2.75) is 19.0 Å². The van der Waals surface area contributed by atoms with Crippen molar-refractivity contribution < 1.29 is 24.2 Å². The van der Waals surface area contributed by atoms with Gasteiger partial charge in [-0.3, -0.25) is 9.59 Å². The number of carbonyl (C=O) groups excluding carboxylic acids is 2. The number of ether oxygens (including phenoxy) is 1. The lowest BCUT2D eigenvalue weighted by Crippen LogP contribution is -2.44.